The van der Waals surface area contributed by atoms with Gasteiger partial charge in [-0.25, -0.2) is 9.18 Å². The zero-order chi connectivity index (χ0) is 17.0. The van der Waals surface area contributed by atoms with Crippen molar-refractivity contribution in [1.82, 2.24) is 15.1 Å². The second-order valence-electron chi connectivity index (χ2n) is 5.76. The summed E-state index contributed by atoms with van der Waals surface area (Å²) in [6.07, 6.45) is -0.370. The van der Waals surface area contributed by atoms with Crippen LogP contribution < -0.4 is 5.32 Å². The van der Waals surface area contributed by atoms with Crippen molar-refractivity contribution in [2.75, 3.05) is 33.8 Å². The van der Waals surface area contributed by atoms with E-state index in [9.17, 15) is 14.0 Å². The van der Waals surface area contributed by atoms with Gasteiger partial charge in [-0.1, -0.05) is 12.1 Å². The van der Waals surface area contributed by atoms with E-state index in [1.807, 2.05) is 0 Å². The summed E-state index contributed by atoms with van der Waals surface area (Å²) in [5, 5.41) is 2.68. The zero-order valence-electron chi connectivity index (χ0n) is 13.6. The van der Waals surface area contributed by atoms with Gasteiger partial charge in [0.25, 0.3) is 0 Å². The summed E-state index contributed by atoms with van der Waals surface area (Å²) in [6, 6.07) is 5.23. The summed E-state index contributed by atoms with van der Waals surface area (Å²) in [7, 11) is 3.28. The van der Waals surface area contributed by atoms with Crippen molar-refractivity contribution >= 4 is 11.9 Å². The number of carbonyl (C=O) groups is 2. The lowest BCUT2D eigenvalue weighted by Gasteiger charge is -2.34. The average molecular weight is 323 g/mol. The molecule has 7 heteroatoms. The van der Waals surface area contributed by atoms with Crippen molar-refractivity contribution in [1.29, 1.82) is 0 Å². The van der Waals surface area contributed by atoms with Gasteiger partial charge < -0.3 is 19.9 Å². The van der Waals surface area contributed by atoms with Crippen LogP contribution in [0.25, 0.3) is 0 Å². The number of hydrogen-bond donors (Lipinski definition) is 1. The molecule has 0 saturated carbocycles. The van der Waals surface area contributed by atoms with Crippen LogP contribution >= 0.6 is 0 Å². The van der Waals surface area contributed by atoms with Gasteiger partial charge in [-0.05, 0) is 24.6 Å². The van der Waals surface area contributed by atoms with E-state index in [4.69, 9.17) is 4.74 Å². The van der Waals surface area contributed by atoms with Crippen molar-refractivity contribution in [2.24, 2.45) is 0 Å². The van der Waals surface area contributed by atoms with Crippen LogP contribution in [-0.2, 0) is 9.53 Å². The van der Waals surface area contributed by atoms with Crippen LogP contribution in [0.5, 0.6) is 0 Å². The fourth-order valence-corrected chi connectivity index (χ4v) is 2.47. The van der Waals surface area contributed by atoms with Crippen LogP contribution in [0.3, 0.4) is 0 Å². The Hall–Kier alpha value is -2.15. The molecule has 1 aliphatic heterocycles. The summed E-state index contributed by atoms with van der Waals surface area (Å²) < 4.78 is 19.0. The van der Waals surface area contributed by atoms with Crippen molar-refractivity contribution in [2.45, 2.75) is 19.1 Å². The third-order valence-electron chi connectivity index (χ3n) is 3.73. The largest absolute Gasteiger partial charge is 0.370 e. The van der Waals surface area contributed by atoms with Gasteiger partial charge in [0.15, 0.2) is 0 Å². The Morgan fingerprint density at radius 3 is 2.83 bits per heavy atom. The van der Waals surface area contributed by atoms with E-state index >= 15 is 0 Å². The number of rotatable bonds is 3. The van der Waals surface area contributed by atoms with Crippen LogP contribution in [0.2, 0.25) is 0 Å². The van der Waals surface area contributed by atoms with E-state index in [-0.39, 0.29) is 23.9 Å². The molecule has 0 spiro atoms. The van der Waals surface area contributed by atoms with E-state index in [1.54, 1.807) is 38.1 Å². The van der Waals surface area contributed by atoms with E-state index in [0.717, 1.165) is 0 Å². The summed E-state index contributed by atoms with van der Waals surface area (Å²) in [5.41, 5.74) is 0.694. The molecule has 0 aromatic heterocycles. The number of likely N-dealkylation sites (N-methyl/N-ethyl adjacent to an activating group) is 1. The maximum absolute atomic E-state index is 13.3. The molecule has 0 aliphatic carbocycles. The summed E-state index contributed by atoms with van der Waals surface area (Å²) in [5.74, 6) is -0.508. The molecule has 1 heterocycles. The van der Waals surface area contributed by atoms with Crippen LogP contribution in [0, 0.1) is 5.82 Å². The number of hydrogen-bond acceptors (Lipinski definition) is 3. The molecule has 6 nitrogen and oxygen atoms in total. The monoisotopic (exact) mass is 323 g/mol. The first-order chi connectivity index (χ1) is 10.9. The highest BCUT2D eigenvalue weighted by Crippen LogP contribution is 2.22. The Morgan fingerprint density at radius 2 is 2.17 bits per heavy atom. The van der Waals surface area contributed by atoms with E-state index in [0.29, 0.717) is 25.3 Å². The minimum Gasteiger partial charge on any atom is -0.370 e. The minimum atomic E-state index is -0.604. The third kappa shape index (κ3) is 4.41. The first kappa shape index (κ1) is 17.2. The second kappa shape index (κ2) is 7.41. The fourth-order valence-electron chi connectivity index (χ4n) is 2.47. The number of urea groups is 1. The van der Waals surface area contributed by atoms with Gasteiger partial charge in [-0.2, -0.15) is 0 Å². The number of ether oxygens (including phenoxy) is 1. The van der Waals surface area contributed by atoms with Gasteiger partial charge in [0.2, 0.25) is 5.91 Å². The standard InChI is InChI=1S/C16H22FN3O3/c1-11(15(21)19(2)3)18-16(22)20-7-8-23-14(10-20)12-5-4-6-13(17)9-12/h4-6,9,11,14H,7-8,10H2,1-3H3,(H,18,22)/t11-,14-/m0/s1. The average Bonchev–Trinajstić information content (AvgIpc) is 2.54. The molecule has 1 fully saturated rings. The van der Waals surface area contributed by atoms with Gasteiger partial charge in [-0.3, -0.25) is 4.79 Å². The Balaban J connectivity index is 1.98. The molecule has 23 heavy (non-hydrogen) atoms. The molecule has 3 amide bonds. The summed E-state index contributed by atoms with van der Waals surface area (Å²) in [4.78, 5) is 27.1. The van der Waals surface area contributed by atoms with Gasteiger partial charge in [-0.15, -0.1) is 0 Å². The molecule has 1 aliphatic rings. The van der Waals surface area contributed by atoms with Crippen molar-refractivity contribution in [3.8, 4) is 0 Å². The molecule has 0 unspecified atom stereocenters. The van der Waals surface area contributed by atoms with E-state index in [1.165, 1.54) is 17.0 Å². The van der Waals surface area contributed by atoms with E-state index in [2.05, 4.69) is 5.32 Å². The third-order valence-corrected chi connectivity index (χ3v) is 3.73. The highest BCUT2D eigenvalue weighted by Gasteiger charge is 2.27. The zero-order valence-corrected chi connectivity index (χ0v) is 13.6. The topological polar surface area (TPSA) is 61.9 Å². The smallest absolute Gasteiger partial charge is 0.318 e. The Morgan fingerprint density at radius 1 is 1.43 bits per heavy atom. The molecule has 126 valence electrons. The van der Waals surface area contributed by atoms with Crippen LogP contribution in [0.4, 0.5) is 9.18 Å². The number of carbonyl (C=O) groups excluding carboxylic acids is 2. The molecule has 2 rings (SSSR count). The second-order valence-corrected chi connectivity index (χ2v) is 5.76. The molecular weight excluding hydrogens is 301 g/mol. The maximum atomic E-state index is 13.3. The molecule has 0 radical (unpaired) electrons. The van der Waals surface area contributed by atoms with Crippen LogP contribution in [0.15, 0.2) is 24.3 Å². The lowest BCUT2D eigenvalue weighted by molar-refractivity contribution is -0.130. The molecule has 1 aromatic carbocycles. The minimum absolute atomic E-state index is 0.173. The van der Waals surface area contributed by atoms with Gasteiger partial charge in [0, 0.05) is 20.6 Å². The number of amides is 3. The van der Waals surface area contributed by atoms with Gasteiger partial charge in [0.1, 0.15) is 18.0 Å². The predicted octanol–water partition coefficient (Wildman–Crippen LogP) is 1.39. The Bertz CT molecular complexity index is 579. The lowest BCUT2D eigenvalue weighted by atomic mass is 10.1. The van der Waals surface area contributed by atoms with E-state index < -0.39 is 6.04 Å². The fraction of sp³-hybridized carbons (Fsp3) is 0.500. The van der Waals surface area contributed by atoms with Crippen molar-refractivity contribution < 1.29 is 18.7 Å². The molecule has 2 atom stereocenters. The first-order valence-electron chi connectivity index (χ1n) is 7.52. The quantitative estimate of drug-likeness (QED) is 0.914. The van der Waals surface area contributed by atoms with Gasteiger partial charge >= 0.3 is 6.03 Å². The normalized spacial score (nSPS) is 19.1. The number of benzene rings is 1. The number of halogens is 1. The van der Waals surface area contributed by atoms with Crippen molar-refractivity contribution in [3.05, 3.63) is 35.6 Å². The predicted molar refractivity (Wildman–Crippen MR) is 83.4 cm³/mol. The molecule has 0 bridgehead atoms. The SMILES string of the molecule is C[C@H](NC(=O)N1CCO[C@H](c2cccc(F)c2)C1)C(=O)N(C)C. The Labute approximate surface area is 135 Å². The molecule has 1 aromatic rings. The highest BCUT2D eigenvalue weighted by atomic mass is 19.1. The lowest BCUT2D eigenvalue weighted by Crippen LogP contribution is -2.52. The first-order valence-corrected chi connectivity index (χ1v) is 7.52. The number of nitrogens with one attached hydrogen (secondary N) is 1. The highest BCUT2D eigenvalue weighted by molar-refractivity contribution is 5.86. The van der Waals surface area contributed by atoms with Crippen molar-refractivity contribution in [3.63, 3.8) is 0 Å². The number of nitrogens with zero attached hydrogens (tertiary/aromatic N) is 2. The van der Waals surface area contributed by atoms with Gasteiger partial charge in [0.05, 0.1) is 13.2 Å². The Kier molecular flexibility index (Phi) is 5.54. The van der Waals surface area contributed by atoms with Crippen LogP contribution in [-0.4, -0.2) is 61.6 Å². The summed E-state index contributed by atoms with van der Waals surface area (Å²) >= 11 is 0. The number of morpholine rings is 1. The summed E-state index contributed by atoms with van der Waals surface area (Å²) in [6.45, 7) is 2.76. The van der Waals surface area contributed by atoms with Crippen LogP contribution in [0.1, 0.15) is 18.6 Å². The maximum Gasteiger partial charge on any atom is 0.318 e. The molecule has 1 saturated heterocycles. The molecule has 1 N–H and O–H groups in total. The molecular formula is C16H22FN3O3.